The lowest BCUT2D eigenvalue weighted by atomic mass is 9.94. The Bertz CT molecular complexity index is 753. The van der Waals surface area contributed by atoms with Crippen LogP contribution >= 0.6 is 24.0 Å². The van der Waals surface area contributed by atoms with Crippen molar-refractivity contribution in [3.8, 4) is 5.75 Å². The van der Waals surface area contributed by atoms with Crippen molar-refractivity contribution in [3.63, 3.8) is 0 Å². The average molecular weight is 514 g/mol. The molecule has 0 spiro atoms. The topological polar surface area (TPSA) is 71.7 Å². The van der Waals surface area contributed by atoms with Crippen LogP contribution in [0.2, 0.25) is 0 Å². The van der Waals surface area contributed by atoms with Gasteiger partial charge in [-0.2, -0.15) is 0 Å². The first-order valence-electron chi connectivity index (χ1n) is 10.1. The van der Waals surface area contributed by atoms with Gasteiger partial charge in [-0.1, -0.05) is 39.8 Å². The van der Waals surface area contributed by atoms with Crippen LogP contribution in [-0.2, 0) is 18.4 Å². The zero-order valence-electron chi connectivity index (χ0n) is 18.2. The van der Waals surface area contributed by atoms with Gasteiger partial charge in [0.25, 0.3) is 0 Å². The molecule has 1 aromatic heterocycles. The van der Waals surface area contributed by atoms with Crippen molar-refractivity contribution in [3.05, 3.63) is 47.7 Å². The molecule has 162 valence electrons. The Morgan fingerprint density at radius 1 is 1.21 bits per heavy atom. The van der Waals surface area contributed by atoms with E-state index >= 15 is 0 Å². The number of nitrogens with one attached hydrogen (secondary N) is 2. The normalized spacial score (nSPS) is 11.7. The van der Waals surface area contributed by atoms with Gasteiger partial charge in [-0.15, -0.1) is 24.0 Å². The molecular formula is C22H35IN4O2. The lowest BCUT2D eigenvalue weighted by molar-refractivity contribution is 0.317. The molecule has 0 atom stereocenters. The van der Waals surface area contributed by atoms with Crippen LogP contribution in [0.4, 0.5) is 0 Å². The second-order valence-corrected chi connectivity index (χ2v) is 7.74. The number of hydrogen-bond acceptors (Lipinski definition) is 4. The molecule has 0 saturated heterocycles. The van der Waals surface area contributed by atoms with Crippen molar-refractivity contribution in [2.75, 3.05) is 19.7 Å². The second kappa shape index (κ2) is 12.7. The van der Waals surface area contributed by atoms with Crippen molar-refractivity contribution in [1.29, 1.82) is 0 Å². The summed E-state index contributed by atoms with van der Waals surface area (Å²) in [5.74, 6) is 3.19. The zero-order valence-corrected chi connectivity index (χ0v) is 20.6. The minimum absolute atomic E-state index is 0. The first-order chi connectivity index (χ1) is 13.4. The number of rotatable bonds is 9. The van der Waals surface area contributed by atoms with Crippen molar-refractivity contribution in [2.45, 2.75) is 59.4 Å². The molecule has 0 radical (unpaired) electrons. The summed E-state index contributed by atoms with van der Waals surface area (Å²) in [6.07, 6.45) is 3.69. The molecule has 0 aliphatic heterocycles. The highest BCUT2D eigenvalue weighted by atomic mass is 127. The van der Waals surface area contributed by atoms with E-state index in [-0.39, 0.29) is 29.4 Å². The van der Waals surface area contributed by atoms with Gasteiger partial charge >= 0.3 is 0 Å². The minimum atomic E-state index is -0.0485. The third-order valence-electron chi connectivity index (χ3n) is 4.09. The molecule has 0 saturated carbocycles. The number of nitrogens with zero attached hydrogens (tertiary/aromatic N) is 2. The van der Waals surface area contributed by atoms with E-state index in [1.54, 1.807) is 6.20 Å². The number of halogens is 1. The molecule has 0 fully saturated rings. The molecule has 0 aliphatic rings. The largest absolute Gasteiger partial charge is 0.494 e. The molecule has 0 aliphatic carbocycles. The summed E-state index contributed by atoms with van der Waals surface area (Å²) >= 11 is 0. The van der Waals surface area contributed by atoms with Gasteiger partial charge < -0.3 is 19.8 Å². The molecule has 2 aromatic rings. The smallest absolute Gasteiger partial charge is 0.216 e. The molecular weight excluding hydrogens is 479 g/mol. The fourth-order valence-electron chi connectivity index (χ4n) is 2.55. The number of aliphatic imine (C=N–C) groups is 1. The average Bonchev–Trinajstić information content (AvgIpc) is 3.14. The molecule has 2 N–H and O–H groups in total. The molecule has 0 unspecified atom stereocenters. The van der Waals surface area contributed by atoms with Crippen LogP contribution < -0.4 is 15.4 Å². The highest BCUT2D eigenvalue weighted by Gasteiger charge is 2.19. The number of ether oxygens (including phenoxy) is 1. The monoisotopic (exact) mass is 514 g/mol. The van der Waals surface area contributed by atoms with Gasteiger partial charge in [0.1, 0.15) is 18.1 Å². The first-order valence-corrected chi connectivity index (χ1v) is 10.1. The van der Waals surface area contributed by atoms with E-state index in [0.29, 0.717) is 12.4 Å². The molecule has 29 heavy (non-hydrogen) atoms. The third kappa shape index (κ3) is 9.06. The number of oxazole rings is 1. The molecule has 1 heterocycles. The lowest BCUT2D eigenvalue weighted by Crippen LogP contribution is -2.38. The summed E-state index contributed by atoms with van der Waals surface area (Å²) in [4.78, 5) is 8.92. The summed E-state index contributed by atoms with van der Waals surface area (Å²) in [6, 6.07) is 8.25. The van der Waals surface area contributed by atoms with Crippen LogP contribution in [0.1, 0.15) is 58.3 Å². The number of guanidine groups is 1. The Morgan fingerprint density at radius 2 is 2.00 bits per heavy atom. The third-order valence-corrected chi connectivity index (χ3v) is 4.09. The molecule has 7 heteroatoms. The summed E-state index contributed by atoms with van der Waals surface area (Å²) < 4.78 is 11.5. The second-order valence-electron chi connectivity index (χ2n) is 7.74. The van der Waals surface area contributed by atoms with Gasteiger partial charge in [0.2, 0.25) is 5.89 Å². The van der Waals surface area contributed by atoms with Crippen LogP contribution in [0, 0.1) is 0 Å². The van der Waals surface area contributed by atoms with Crippen molar-refractivity contribution in [2.24, 2.45) is 4.99 Å². The van der Waals surface area contributed by atoms with Gasteiger partial charge in [-0.05, 0) is 37.5 Å². The molecule has 1 aromatic carbocycles. The van der Waals surface area contributed by atoms with Crippen LogP contribution in [0.3, 0.4) is 0 Å². The Hall–Kier alpha value is -1.77. The molecule has 2 rings (SSSR count). The maximum atomic E-state index is 5.81. The van der Waals surface area contributed by atoms with E-state index < -0.39 is 0 Å². The number of hydrogen-bond donors (Lipinski definition) is 2. The number of benzene rings is 1. The molecule has 0 amide bonds. The van der Waals surface area contributed by atoms with Crippen molar-refractivity contribution >= 4 is 29.9 Å². The van der Waals surface area contributed by atoms with E-state index in [0.717, 1.165) is 50.0 Å². The van der Waals surface area contributed by atoms with Crippen LogP contribution in [-0.4, -0.2) is 30.6 Å². The summed E-state index contributed by atoms with van der Waals surface area (Å²) in [5, 5.41) is 6.63. The SMILES string of the molecule is CCCOc1cccc(CCNC(=NCc2ncc(C(C)(C)C)o2)NCC)c1.I. The molecule has 6 nitrogen and oxygen atoms in total. The highest BCUT2D eigenvalue weighted by Crippen LogP contribution is 2.22. The fraction of sp³-hybridized carbons (Fsp3) is 0.545. The fourth-order valence-corrected chi connectivity index (χ4v) is 2.55. The van der Waals surface area contributed by atoms with Gasteiger partial charge in [0.15, 0.2) is 5.96 Å². The maximum Gasteiger partial charge on any atom is 0.216 e. The van der Waals surface area contributed by atoms with E-state index in [2.05, 4.69) is 67.4 Å². The van der Waals surface area contributed by atoms with Crippen molar-refractivity contribution in [1.82, 2.24) is 15.6 Å². The van der Waals surface area contributed by atoms with Gasteiger partial charge in [0, 0.05) is 18.5 Å². The standard InChI is InChI=1S/C22H34N4O2.HI/c1-6-13-27-18-10-8-9-17(14-18)11-12-24-21(23-7-2)26-16-20-25-15-19(28-20)22(3,4)5;/h8-10,14-15H,6-7,11-13,16H2,1-5H3,(H2,23,24,26);1H. The Labute approximate surface area is 191 Å². The van der Waals surface area contributed by atoms with E-state index in [4.69, 9.17) is 9.15 Å². The summed E-state index contributed by atoms with van der Waals surface area (Å²) in [5.41, 5.74) is 1.19. The van der Waals surface area contributed by atoms with Gasteiger partial charge in [-0.25, -0.2) is 9.98 Å². The Balaban J connectivity index is 0.00000420. The maximum absolute atomic E-state index is 5.81. The lowest BCUT2D eigenvalue weighted by Gasteiger charge is -2.13. The molecule has 0 bridgehead atoms. The summed E-state index contributed by atoms with van der Waals surface area (Å²) in [6.45, 7) is 13.2. The summed E-state index contributed by atoms with van der Waals surface area (Å²) in [7, 11) is 0. The Kier molecular flexibility index (Phi) is 11.1. The van der Waals surface area contributed by atoms with E-state index in [1.807, 2.05) is 12.1 Å². The zero-order chi connectivity index (χ0) is 20.4. The van der Waals surface area contributed by atoms with E-state index in [9.17, 15) is 0 Å². The highest BCUT2D eigenvalue weighted by molar-refractivity contribution is 14.0. The van der Waals surface area contributed by atoms with Gasteiger partial charge in [-0.3, -0.25) is 0 Å². The minimum Gasteiger partial charge on any atom is -0.494 e. The van der Waals surface area contributed by atoms with Crippen LogP contribution in [0.15, 0.2) is 39.9 Å². The van der Waals surface area contributed by atoms with Crippen LogP contribution in [0.5, 0.6) is 5.75 Å². The van der Waals surface area contributed by atoms with Gasteiger partial charge in [0.05, 0.1) is 12.8 Å². The Morgan fingerprint density at radius 3 is 2.66 bits per heavy atom. The van der Waals surface area contributed by atoms with Crippen molar-refractivity contribution < 1.29 is 9.15 Å². The quantitative estimate of drug-likeness (QED) is 0.289. The van der Waals surface area contributed by atoms with Crippen LogP contribution in [0.25, 0.3) is 0 Å². The number of aromatic nitrogens is 1. The van der Waals surface area contributed by atoms with E-state index in [1.165, 1.54) is 5.56 Å². The first kappa shape index (κ1) is 25.3. The predicted octanol–water partition coefficient (Wildman–Crippen LogP) is 4.68. The predicted molar refractivity (Wildman–Crippen MR) is 129 cm³/mol.